The quantitative estimate of drug-likeness (QED) is 0.505. The zero-order valence-electron chi connectivity index (χ0n) is 20.5. The van der Waals surface area contributed by atoms with Crippen LogP contribution in [-0.4, -0.2) is 66.3 Å². The number of halogens is 1. The molecule has 3 aromatic rings. The number of aromatic nitrogens is 4. The average Bonchev–Trinajstić information content (AvgIpc) is 3.25. The maximum Gasteiger partial charge on any atom is 0.328 e. The Kier molecular flexibility index (Phi) is 5.87. The number of ether oxygens (including phenoxy) is 1. The molecule has 2 saturated heterocycles. The number of hydrogen-bond acceptors (Lipinski definition) is 6. The number of aromatic amines is 2. The summed E-state index contributed by atoms with van der Waals surface area (Å²) in [7, 11) is 0. The number of piperidine rings is 1. The Hall–Kier alpha value is -3.31. The Labute approximate surface area is 206 Å². The van der Waals surface area contributed by atoms with Crippen molar-refractivity contribution in [2.45, 2.75) is 63.2 Å². The highest BCUT2D eigenvalue weighted by atomic mass is 19.1. The summed E-state index contributed by atoms with van der Waals surface area (Å²) >= 11 is 0. The Morgan fingerprint density at radius 2 is 1.97 bits per heavy atom. The lowest BCUT2D eigenvalue weighted by atomic mass is 9.75. The number of hydrogen-bond donors (Lipinski definition) is 3. The highest BCUT2D eigenvalue weighted by Crippen LogP contribution is 2.43. The van der Waals surface area contributed by atoms with E-state index in [1.165, 1.54) is 0 Å². The molecule has 0 aliphatic carbocycles. The van der Waals surface area contributed by atoms with E-state index >= 15 is 0 Å². The summed E-state index contributed by atoms with van der Waals surface area (Å²) in [4.78, 5) is 48.4. The number of carbonyl (C=O) groups excluding carboxylic acids is 1. The van der Waals surface area contributed by atoms with Crippen LogP contribution in [0.25, 0.3) is 11.0 Å². The van der Waals surface area contributed by atoms with Crippen molar-refractivity contribution >= 4 is 16.9 Å². The number of likely N-dealkylation sites (tertiary alicyclic amines) is 1. The highest BCUT2D eigenvalue weighted by Gasteiger charge is 2.50. The molecule has 5 rings (SSSR count). The van der Waals surface area contributed by atoms with Gasteiger partial charge in [0.1, 0.15) is 5.82 Å². The van der Waals surface area contributed by atoms with Crippen LogP contribution in [0.3, 0.4) is 0 Å². The number of aliphatic hydroxyl groups is 1. The van der Waals surface area contributed by atoms with Gasteiger partial charge in [-0.15, -0.1) is 0 Å². The van der Waals surface area contributed by atoms with Crippen molar-refractivity contribution in [1.29, 1.82) is 0 Å². The molecule has 36 heavy (non-hydrogen) atoms. The van der Waals surface area contributed by atoms with Crippen LogP contribution < -0.4 is 11.2 Å². The number of benzene rings is 1. The van der Waals surface area contributed by atoms with Gasteiger partial charge in [0, 0.05) is 31.0 Å². The van der Waals surface area contributed by atoms with E-state index in [0.717, 1.165) is 27.6 Å². The molecule has 2 aliphatic rings. The Morgan fingerprint density at radius 3 is 2.64 bits per heavy atom. The molecule has 0 bridgehead atoms. The lowest BCUT2D eigenvalue weighted by Gasteiger charge is -2.51. The van der Waals surface area contributed by atoms with Crippen molar-refractivity contribution in [3.05, 3.63) is 62.4 Å². The monoisotopic (exact) mass is 499 g/mol. The number of nitrogens with one attached hydrogen (secondary N) is 2. The standard InChI is InChI=1S/C25H30FN5O5/c1-14(2)20-27-17-5-4-15(10-18(17)28-20)22(33)30-8-6-25(7-9-30)13-24(3,35)19(12-36-25)31-11-16(26)21(32)29-23(31)34/h4-5,10-11,14,19,35H,6-9,12-13H2,1-3H3,(H,27,28)(H,29,32,34)/t19-,24-/m1/s1. The van der Waals surface area contributed by atoms with E-state index in [-0.39, 0.29) is 24.9 Å². The summed E-state index contributed by atoms with van der Waals surface area (Å²) in [5, 5.41) is 11.2. The van der Waals surface area contributed by atoms with Crippen LogP contribution in [0.5, 0.6) is 0 Å². The van der Waals surface area contributed by atoms with Gasteiger partial charge in [0.25, 0.3) is 11.5 Å². The van der Waals surface area contributed by atoms with E-state index in [1.807, 2.05) is 17.1 Å². The lowest BCUT2D eigenvalue weighted by Crippen LogP contribution is -2.59. The van der Waals surface area contributed by atoms with E-state index in [9.17, 15) is 23.9 Å². The molecule has 0 unspecified atom stereocenters. The van der Waals surface area contributed by atoms with E-state index in [1.54, 1.807) is 17.9 Å². The summed E-state index contributed by atoms with van der Waals surface area (Å²) in [6, 6.07) is 4.60. The largest absolute Gasteiger partial charge is 0.388 e. The molecule has 10 nitrogen and oxygen atoms in total. The van der Waals surface area contributed by atoms with Gasteiger partial charge < -0.3 is 19.7 Å². The first-order valence-corrected chi connectivity index (χ1v) is 12.1. The number of carbonyl (C=O) groups is 1. The molecular formula is C25H30FN5O5. The predicted octanol–water partition coefficient (Wildman–Crippen LogP) is 2.06. The smallest absolute Gasteiger partial charge is 0.328 e. The first-order chi connectivity index (χ1) is 17.0. The van der Waals surface area contributed by atoms with Gasteiger partial charge in [0.05, 0.1) is 41.1 Å². The van der Waals surface area contributed by atoms with Gasteiger partial charge in [0.15, 0.2) is 0 Å². The first-order valence-electron chi connectivity index (χ1n) is 12.1. The molecule has 1 amide bonds. The topological polar surface area (TPSA) is 133 Å². The number of imidazole rings is 1. The molecular weight excluding hydrogens is 469 g/mol. The van der Waals surface area contributed by atoms with Crippen molar-refractivity contribution < 1.29 is 19.0 Å². The molecule has 2 aromatic heterocycles. The molecule has 0 saturated carbocycles. The molecule has 2 atom stereocenters. The summed E-state index contributed by atoms with van der Waals surface area (Å²) in [6.07, 6.45) is 2.04. The second-order valence-electron chi connectivity index (χ2n) is 10.5. The van der Waals surface area contributed by atoms with Crippen molar-refractivity contribution in [1.82, 2.24) is 24.4 Å². The minimum Gasteiger partial charge on any atom is -0.388 e. The van der Waals surface area contributed by atoms with Crippen LogP contribution in [-0.2, 0) is 4.74 Å². The third-order valence-corrected chi connectivity index (χ3v) is 7.46. The zero-order chi connectivity index (χ0) is 25.8. The summed E-state index contributed by atoms with van der Waals surface area (Å²) in [6.45, 7) is 6.56. The van der Waals surface area contributed by atoms with E-state index in [4.69, 9.17) is 4.74 Å². The fourth-order valence-electron chi connectivity index (χ4n) is 5.39. The predicted molar refractivity (Wildman–Crippen MR) is 130 cm³/mol. The summed E-state index contributed by atoms with van der Waals surface area (Å²) in [5.74, 6) is -0.0560. The van der Waals surface area contributed by atoms with Crippen LogP contribution in [0.1, 0.15) is 68.2 Å². The van der Waals surface area contributed by atoms with Crippen molar-refractivity contribution in [3.8, 4) is 0 Å². The van der Waals surface area contributed by atoms with Crippen LogP contribution >= 0.6 is 0 Å². The van der Waals surface area contributed by atoms with Gasteiger partial charge in [-0.1, -0.05) is 13.8 Å². The first kappa shape index (κ1) is 24.4. The number of amides is 1. The maximum absolute atomic E-state index is 13.8. The Morgan fingerprint density at radius 1 is 1.25 bits per heavy atom. The SMILES string of the molecule is CC(C)c1nc2ccc(C(=O)N3CCC4(CC3)C[C@@](C)(O)[C@H](n3cc(F)c(=O)[nH]c3=O)CO4)cc2[nH]1. The maximum atomic E-state index is 13.8. The molecule has 2 aliphatic heterocycles. The third kappa shape index (κ3) is 4.26. The number of nitrogens with zero attached hydrogens (tertiary/aromatic N) is 3. The fourth-order valence-corrected chi connectivity index (χ4v) is 5.39. The number of fused-ring (bicyclic) bond motifs is 1. The fraction of sp³-hybridized carbons (Fsp3) is 0.520. The van der Waals surface area contributed by atoms with Crippen molar-refractivity contribution in [2.24, 2.45) is 0 Å². The zero-order valence-corrected chi connectivity index (χ0v) is 20.5. The normalized spacial score (nSPS) is 24.1. The molecule has 1 spiro atoms. The van der Waals surface area contributed by atoms with Crippen LogP contribution in [0.4, 0.5) is 4.39 Å². The number of rotatable bonds is 3. The lowest BCUT2D eigenvalue weighted by molar-refractivity contribution is -0.195. The van der Waals surface area contributed by atoms with Crippen LogP contribution in [0.15, 0.2) is 34.0 Å². The third-order valence-electron chi connectivity index (χ3n) is 7.46. The summed E-state index contributed by atoms with van der Waals surface area (Å²) < 4.78 is 21.0. The van der Waals surface area contributed by atoms with Gasteiger partial charge in [-0.25, -0.2) is 9.78 Å². The second-order valence-corrected chi connectivity index (χ2v) is 10.5. The second kappa shape index (κ2) is 8.67. The van der Waals surface area contributed by atoms with Gasteiger partial charge in [-0.05, 0) is 38.0 Å². The summed E-state index contributed by atoms with van der Waals surface area (Å²) in [5.41, 5.74) is -1.74. The van der Waals surface area contributed by atoms with Crippen molar-refractivity contribution in [3.63, 3.8) is 0 Å². The van der Waals surface area contributed by atoms with Gasteiger partial charge in [-0.2, -0.15) is 4.39 Å². The molecule has 1 aromatic carbocycles. The number of H-pyrrole nitrogens is 2. The Bertz CT molecular complexity index is 1430. The molecule has 192 valence electrons. The molecule has 2 fully saturated rings. The molecule has 4 heterocycles. The van der Waals surface area contributed by atoms with Crippen LogP contribution in [0, 0.1) is 5.82 Å². The van der Waals surface area contributed by atoms with E-state index in [0.29, 0.717) is 31.5 Å². The van der Waals surface area contributed by atoms with Gasteiger partial charge in [0.2, 0.25) is 5.82 Å². The van der Waals surface area contributed by atoms with E-state index in [2.05, 4.69) is 23.8 Å². The average molecular weight is 500 g/mol. The van der Waals surface area contributed by atoms with Gasteiger partial charge >= 0.3 is 5.69 Å². The molecule has 3 N–H and O–H groups in total. The van der Waals surface area contributed by atoms with E-state index < -0.39 is 34.3 Å². The van der Waals surface area contributed by atoms with Gasteiger partial charge in [-0.3, -0.25) is 19.1 Å². The molecule has 11 heteroatoms. The minimum atomic E-state index is -1.39. The molecule has 0 radical (unpaired) electrons. The van der Waals surface area contributed by atoms with Crippen LogP contribution in [0.2, 0.25) is 0 Å². The Balaban J connectivity index is 1.28. The van der Waals surface area contributed by atoms with Crippen molar-refractivity contribution in [2.75, 3.05) is 19.7 Å². The highest BCUT2D eigenvalue weighted by molar-refractivity contribution is 5.97. The minimum absolute atomic E-state index is 0.0268.